The van der Waals surface area contributed by atoms with Crippen LogP contribution in [0.4, 0.5) is 23.7 Å². The number of amides is 3. The van der Waals surface area contributed by atoms with Gasteiger partial charge in [-0.05, 0) is 17.7 Å². The monoisotopic (exact) mass is 493 g/mol. The van der Waals surface area contributed by atoms with E-state index < -0.39 is 35.3 Å². The summed E-state index contributed by atoms with van der Waals surface area (Å²) in [5.74, 6) is -0.580. The molecule has 0 aliphatic carbocycles. The van der Waals surface area contributed by atoms with Gasteiger partial charge in [-0.15, -0.1) is 0 Å². The first-order valence-electron chi connectivity index (χ1n) is 10.8. The molecule has 0 spiro atoms. The summed E-state index contributed by atoms with van der Waals surface area (Å²) in [5.41, 5.74) is -1.69. The Bertz CT molecular complexity index is 1280. The van der Waals surface area contributed by atoms with Gasteiger partial charge >= 0.3 is 17.8 Å². The van der Waals surface area contributed by atoms with Crippen LogP contribution < -0.4 is 16.3 Å². The fourth-order valence-electron chi connectivity index (χ4n) is 3.77. The maximum atomic E-state index is 13.3. The van der Waals surface area contributed by atoms with Crippen molar-refractivity contribution in [1.82, 2.24) is 10.2 Å². The van der Waals surface area contributed by atoms with Gasteiger partial charge in [0, 0.05) is 45.6 Å². The van der Waals surface area contributed by atoms with Crippen LogP contribution in [0.15, 0.2) is 63.8 Å². The Morgan fingerprint density at radius 3 is 2.46 bits per heavy atom. The molecule has 1 aromatic heterocycles. The van der Waals surface area contributed by atoms with E-state index in [1.807, 2.05) is 18.2 Å². The Hall–Kier alpha value is -3.86. The van der Waals surface area contributed by atoms with Crippen molar-refractivity contribution in [1.29, 1.82) is 0 Å². The van der Waals surface area contributed by atoms with Gasteiger partial charge in [0.05, 0.1) is 18.8 Å². The second-order valence-electron chi connectivity index (χ2n) is 7.97. The van der Waals surface area contributed by atoms with Crippen LogP contribution in [0.1, 0.15) is 14.0 Å². The zero-order chi connectivity index (χ0) is 25.0. The van der Waals surface area contributed by atoms with Gasteiger partial charge in [-0.25, -0.2) is 9.59 Å². The van der Waals surface area contributed by atoms with Crippen molar-refractivity contribution in [2.24, 2.45) is 0 Å². The van der Waals surface area contributed by atoms with Gasteiger partial charge in [0.2, 0.25) is 5.91 Å². The smallest absolute Gasteiger partial charge is 0.417 e. The Morgan fingerprint density at radius 1 is 1.06 bits per heavy atom. The Balaban J connectivity index is 0.00000241. The van der Waals surface area contributed by atoms with Crippen LogP contribution in [-0.2, 0) is 22.1 Å². The minimum Gasteiger partial charge on any atom is -0.423 e. The van der Waals surface area contributed by atoms with Gasteiger partial charge in [-0.2, -0.15) is 13.2 Å². The minimum atomic E-state index is -4.75. The van der Waals surface area contributed by atoms with Gasteiger partial charge in [-0.1, -0.05) is 30.3 Å². The number of hydrogen-bond donors (Lipinski definition) is 2. The average molecular weight is 493 g/mol. The molecule has 0 saturated carbocycles. The SMILES string of the molecule is O=C(Nc1ccc2c(C(F)(F)F)cc(=O)oc2c1)C(Cc1ccccc1)NC(=O)N1CCOCC1.[HH].[HH]. The fraction of sp³-hybridized carbons (Fsp3) is 0.292. The number of hydrogen-bond acceptors (Lipinski definition) is 5. The molecular formula is C24H26F3N3O5. The van der Waals surface area contributed by atoms with Crippen molar-refractivity contribution in [3.63, 3.8) is 0 Å². The highest BCUT2D eigenvalue weighted by Crippen LogP contribution is 2.34. The van der Waals surface area contributed by atoms with Crippen LogP contribution in [-0.4, -0.2) is 49.2 Å². The van der Waals surface area contributed by atoms with E-state index in [4.69, 9.17) is 9.15 Å². The number of nitrogens with zero attached hydrogens (tertiary/aromatic N) is 1. The van der Waals surface area contributed by atoms with Gasteiger partial charge in [0.15, 0.2) is 0 Å². The molecule has 35 heavy (non-hydrogen) atoms. The topological polar surface area (TPSA) is 101 Å². The zero-order valence-corrected chi connectivity index (χ0v) is 18.4. The number of anilines is 1. The molecule has 4 rings (SSSR count). The molecule has 1 unspecified atom stereocenters. The second kappa shape index (κ2) is 10.2. The van der Waals surface area contributed by atoms with E-state index in [9.17, 15) is 27.6 Å². The van der Waals surface area contributed by atoms with Crippen LogP contribution in [0.3, 0.4) is 0 Å². The molecule has 1 fully saturated rings. The van der Waals surface area contributed by atoms with E-state index >= 15 is 0 Å². The third-order valence-corrected chi connectivity index (χ3v) is 5.51. The molecule has 1 aliphatic rings. The molecule has 0 radical (unpaired) electrons. The molecule has 1 aliphatic heterocycles. The molecule has 2 heterocycles. The van der Waals surface area contributed by atoms with Crippen LogP contribution in [0.25, 0.3) is 11.0 Å². The van der Waals surface area contributed by atoms with Gasteiger partial charge in [-0.3, -0.25) is 4.79 Å². The third kappa shape index (κ3) is 5.99. The van der Waals surface area contributed by atoms with Crippen molar-refractivity contribution in [3.05, 3.63) is 76.1 Å². The average Bonchev–Trinajstić information content (AvgIpc) is 2.83. The summed E-state index contributed by atoms with van der Waals surface area (Å²) in [6.07, 6.45) is -4.56. The van der Waals surface area contributed by atoms with Crippen molar-refractivity contribution in [2.45, 2.75) is 18.6 Å². The zero-order valence-electron chi connectivity index (χ0n) is 18.4. The summed E-state index contributed by atoms with van der Waals surface area (Å²) in [4.78, 5) is 39.0. The molecule has 2 aromatic carbocycles. The Labute approximate surface area is 200 Å². The van der Waals surface area contributed by atoms with E-state index in [0.29, 0.717) is 32.4 Å². The summed E-state index contributed by atoms with van der Waals surface area (Å²) in [5, 5.41) is 5.02. The lowest BCUT2D eigenvalue weighted by molar-refractivity contribution is -0.136. The molecule has 1 atom stereocenters. The number of halogens is 3. The molecule has 0 bridgehead atoms. The van der Waals surface area contributed by atoms with E-state index in [1.165, 1.54) is 11.0 Å². The maximum Gasteiger partial charge on any atom is 0.417 e. The Morgan fingerprint density at radius 2 is 1.77 bits per heavy atom. The minimum absolute atomic E-state index is 0. The molecule has 8 nitrogen and oxygen atoms in total. The first kappa shape index (κ1) is 24.3. The lowest BCUT2D eigenvalue weighted by atomic mass is 10.0. The maximum absolute atomic E-state index is 13.3. The number of ether oxygens (including phenoxy) is 1. The highest BCUT2D eigenvalue weighted by Gasteiger charge is 2.34. The van der Waals surface area contributed by atoms with Crippen molar-refractivity contribution < 1.29 is 34.8 Å². The summed E-state index contributed by atoms with van der Waals surface area (Å²) in [6.45, 7) is 1.56. The summed E-state index contributed by atoms with van der Waals surface area (Å²) in [7, 11) is 0. The number of fused-ring (bicyclic) bond motifs is 1. The van der Waals surface area contributed by atoms with Gasteiger partial charge < -0.3 is 24.7 Å². The Kier molecular flexibility index (Phi) is 7.06. The van der Waals surface area contributed by atoms with E-state index in [1.54, 1.807) is 12.1 Å². The number of alkyl halides is 3. The first-order valence-corrected chi connectivity index (χ1v) is 10.8. The highest BCUT2D eigenvalue weighted by molar-refractivity contribution is 5.98. The fourth-order valence-corrected chi connectivity index (χ4v) is 3.77. The van der Waals surface area contributed by atoms with Gasteiger partial charge in [0.1, 0.15) is 11.6 Å². The summed E-state index contributed by atoms with van der Waals surface area (Å²) < 4.78 is 50.1. The third-order valence-electron chi connectivity index (χ3n) is 5.51. The summed E-state index contributed by atoms with van der Waals surface area (Å²) in [6, 6.07) is 11.6. The predicted octanol–water partition coefficient (Wildman–Crippen LogP) is 3.90. The molecular weight excluding hydrogens is 467 g/mol. The standard InChI is InChI=1S/C24H22F3N3O5.2H2/c25-24(26,27)18-14-21(31)35-20-13-16(6-7-17(18)20)28-22(32)19(12-15-4-2-1-3-5-15)29-23(33)30-8-10-34-11-9-30;;/h1-7,13-14,19H,8-12H2,(H,28,32)(H,29,33);2*1H. The van der Waals surface area contributed by atoms with Crippen molar-refractivity contribution in [2.75, 3.05) is 31.6 Å². The predicted molar refractivity (Wildman–Crippen MR) is 125 cm³/mol. The number of carbonyl (C=O) groups is 2. The molecule has 2 N–H and O–H groups in total. The normalized spacial score (nSPS) is 15.0. The molecule has 3 amide bonds. The summed E-state index contributed by atoms with van der Waals surface area (Å²) >= 11 is 0. The molecule has 11 heteroatoms. The number of rotatable bonds is 5. The van der Waals surface area contributed by atoms with Gasteiger partial charge in [0.25, 0.3) is 0 Å². The molecule has 188 valence electrons. The molecule has 3 aromatic rings. The van der Waals surface area contributed by atoms with Crippen LogP contribution in [0, 0.1) is 0 Å². The number of benzene rings is 2. The van der Waals surface area contributed by atoms with E-state index in [0.717, 1.165) is 17.7 Å². The lowest BCUT2D eigenvalue weighted by Crippen LogP contribution is -2.53. The van der Waals surface area contributed by atoms with Crippen molar-refractivity contribution >= 4 is 28.6 Å². The van der Waals surface area contributed by atoms with E-state index in [-0.39, 0.29) is 25.9 Å². The quantitative estimate of drug-likeness (QED) is 0.525. The largest absolute Gasteiger partial charge is 0.423 e. The number of urea groups is 1. The van der Waals surface area contributed by atoms with Crippen LogP contribution in [0.5, 0.6) is 0 Å². The lowest BCUT2D eigenvalue weighted by Gasteiger charge is -2.29. The first-order chi connectivity index (χ1) is 16.7. The second-order valence-corrected chi connectivity index (χ2v) is 7.97. The molecule has 1 saturated heterocycles. The number of nitrogens with one attached hydrogen (secondary N) is 2. The van der Waals surface area contributed by atoms with Crippen molar-refractivity contribution in [3.8, 4) is 0 Å². The van der Waals surface area contributed by atoms with Crippen LogP contribution >= 0.6 is 0 Å². The highest BCUT2D eigenvalue weighted by atomic mass is 19.4. The van der Waals surface area contributed by atoms with E-state index in [2.05, 4.69) is 10.6 Å². The number of morpholine rings is 1. The van der Waals surface area contributed by atoms with Crippen LogP contribution in [0.2, 0.25) is 0 Å². The number of carbonyl (C=O) groups excluding carboxylic acids is 2.